The molecule has 0 saturated heterocycles. The standard InChI is InChI=1S/C23H21N3O4/c1-15-3-7-18(8-4-15)28-11-12-29-19-9-5-17(6-10-19)14-20-22(24)26-21(25-23(20)27)13-16(2)30-26/h3-10,13-14,24H,11-12H2,1-2H3/b20-14+,24-22?. The summed E-state index contributed by atoms with van der Waals surface area (Å²) in [4.78, 5) is 21.7. The number of benzene rings is 2. The molecule has 30 heavy (non-hydrogen) atoms. The number of amidine groups is 2. The zero-order valence-electron chi connectivity index (χ0n) is 16.7. The van der Waals surface area contributed by atoms with Crippen LogP contribution in [0, 0.1) is 12.3 Å². The van der Waals surface area contributed by atoms with Crippen molar-refractivity contribution in [3.8, 4) is 11.5 Å². The quantitative estimate of drug-likeness (QED) is 0.584. The Morgan fingerprint density at radius 3 is 2.23 bits per heavy atom. The van der Waals surface area contributed by atoms with Gasteiger partial charge in [0.15, 0.2) is 11.7 Å². The van der Waals surface area contributed by atoms with Gasteiger partial charge in [-0.1, -0.05) is 29.8 Å². The number of nitrogens with zero attached hydrogens (tertiary/aromatic N) is 2. The van der Waals surface area contributed by atoms with Crippen molar-refractivity contribution in [3.05, 3.63) is 77.1 Å². The molecule has 2 aliphatic rings. The smallest absolute Gasteiger partial charge is 0.282 e. The number of nitrogens with one attached hydrogen (secondary N) is 1. The largest absolute Gasteiger partial charge is 0.490 e. The molecule has 2 aromatic carbocycles. The lowest BCUT2D eigenvalue weighted by Gasteiger charge is -2.22. The van der Waals surface area contributed by atoms with E-state index in [-0.39, 0.29) is 11.4 Å². The van der Waals surface area contributed by atoms with Crippen LogP contribution < -0.4 is 9.47 Å². The van der Waals surface area contributed by atoms with Crippen LogP contribution in [-0.4, -0.2) is 35.9 Å². The molecule has 7 heteroatoms. The maximum Gasteiger partial charge on any atom is 0.282 e. The summed E-state index contributed by atoms with van der Waals surface area (Å²) in [5, 5.41) is 9.48. The Balaban J connectivity index is 1.34. The van der Waals surface area contributed by atoms with Gasteiger partial charge in [-0.3, -0.25) is 10.2 Å². The fourth-order valence-corrected chi connectivity index (χ4v) is 2.98. The molecule has 0 unspecified atom stereocenters. The van der Waals surface area contributed by atoms with Gasteiger partial charge in [-0.2, -0.15) is 4.99 Å². The number of fused-ring (bicyclic) bond motifs is 1. The number of rotatable bonds is 6. The zero-order valence-corrected chi connectivity index (χ0v) is 16.7. The predicted molar refractivity (Wildman–Crippen MR) is 113 cm³/mol. The second-order valence-electron chi connectivity index (χ2n) is 6.90. The first-order chi connectivity index (χ1) is 14.5. The molecule has 2 aliphatic heterocycles. The van der Waals surface area contributed by atoms with Crippen LogP contribution in [0.25, 0.3) is 6.08 Å². The lowest BCUT2D eigenvalue weighted by molar-refractivity contribution is -0.114. The third-order valence-corrected chi connectivity index (χ3v) is 4.51. The Morgan fingerprint density at radius 2 is 1.60 bits per heavy atom. The molecule has 0 aliphatic carbocycles. The zero-order chi connectivity index (χ0) is 21.1. The summed E-state index contributed by atoms with van der Waals surface area (Å²) in [6, 6.07) is 15.1. The Kier molecular flexibility index (Phi) is 5.34. The van der Waals surface area contributed by atoms with E-state index in [2.05, 4.69) is 4.99 Å². The molecule has 152 valence electrons. The molecule has 0 fully saturated rings. The SMILES string of the molecule is CC1=CC2=NC(=O)/C(=C/c3ccc(OCCOc4ccc(C)cc4)cc3)C(=N)N2O1. The number of aryl methyl sites for hydroxylation is 1. The fourth-order valence-electron chi connectivity index (χ4n) is 2.98. The first-order valence-electron chi connectivity index (χ1n) is 9.52. The second kappa shape index (κ2) is 8.24. The van der Waals surface area contributed by atoms with Crippen LogP contribution in [0.5, 0.6) is 11.5 Å². The van der Waals surface area contributed by atoms with E-state index in [1.807, 2.05) is 55.5 Å². The number of amides is 1. The summed E-state index contributed by atoms with van der Waals surface area (Å²) in [7, 11) is 0. The summed E-state index contributed by atoms with van der Waals surface area (Å²) in [5.74, 6) is 1.92. The molecule has 2 heterocycles. The molecule has 0 bridgehead atoms. The highest BCUT2D eigenvalue weighted by atomic mass is 16.7. The Hall–Kier alpha value is -3.87. The molecule has 4 rings (SSSR count). The minimum atomic E-state index is -0.464. The van der Waals surface area contributed by atoms with Crippen molar-refractivity contribution in [3.63, 3.8) is 0 Å². The van der Waals surface area contributed by atoms with Gasteiger partial charge in [-0.25, -0.2) is 0 Å². The molecular weight excluding hydrogens is 382 g/mol. The summed E-state index contributed by atoms with van der Waals surface area (Å²) in [5.41, 5.74) is 2.11. The Morgan fingerprint density at radius 1 is 1.00 bits per heavy atom. The van der Waals surface area contributed by atoms with Crippen LogP contribution in [0.1, 0.15) is 18.1 Å². The third-order valence-electron chi connectivity index (χ3n) is 4.51. The Labute approximate surface area is 174 Å². The maximum absolute atomic E-state index is 12.3. The number of hydroxylamine groups is 2. The van der Waals surface area contributed by atoms with Gasteiger partial charge in [0.05, 0.1) is 5.57 Å². The monoisotopic (exact) mass is 403 g/mol. The van der Waals surface area contributed by atoms with Gasteiger partial charge in [0.25, 0.3) is 5.91 Å². The number of hydrogen-bond acceptors (Lipinski definition) is 5. The average Bonchev–Trinajstić information content (AvgIpc) is 3.11. The van der Waals surface area contributed by atoms with Crippen molar-refractivity contribution in [2.24, 2.45) is 4.99 Å². The summed E-state index contributed by atoms with van der Waals surface area (Å²) >= 11 is 0. The number of aliphatic imine (C=N–C) groups is 1. The lowest BCUT2D eigenvalue weighted by Crippen LogP contribution is -2.38. The fraction of sp³-hybridized carbons (Fsp3) is 0.174. The van der Waals surface area contributed by atoms with Gasteiger partial charge in [-0.05, 0) is 49.8 Å². The van der Waals surface area contributed by atoms with Crippen LogP contribution in [-0.2, 0) is 9.63 Å². The van der Waals surface area contributed by atoms with E-state index < -0.39 is 5.91 Å². The molecule has 2 aromatic rings. The normalized spacial score (nSPS) is 16.7. The first kappa shape index (κ1) is 19.4. The highest BCUT2D eigenvalue weighted by molar-refractivity contribution is 6.32. The molecule has 7 nitrogen and oxygen atoms in total. The first-order valence-corrected chi connectivity index (χ1v) is 9.52. The number of carbonyl (C=O) groups excluding carboxylic acids is 1. The summed E-state index contributed by atoms with van der Waals surface area (Å²) < 4.78 is 11.3. The third kappa shape index (κ3) is 4.25. The van der Waals surface area contributed by atoms with E-state index in [4.69, 9.17) is 19.7 Å². The van der Waals surface area contributed by atoms with E-state index in [9.17, 15) is 4.79 Å². The minimum absolute atomic E-state index is 0.0355. The number of carbonyl (C=O) groups is 1. The average molecular weight is 403 g/mol. The van der Waals surface area contributed by atoms with Gasteiger partial charge >= 0.3 is 0 Å². The van der Waals surface area contributed by atoms with Crippen molar-refractivity contribution < 1.29 is 19.1 Å². The van der Waals surface area contributed by atoms with Gasteiger partial charge in [-0.15, -0.1) is 5.06 Å². The highest BCUT2D eigenvalue weighted by Crippen LogP contribution is 2.24. The molecule has 0 spiro atoms. The number of allylic oxidation sites excluding steroid dienone is 1. The highest BCUT2D eigenvalue weighted by Gasteiger charge is 2.34. The van der Waals surface area contributed by atoms with E-state index in [0.29, 0.717) is 30.6 Å². The second-order valence-corrected chi connectivity index (χ2v) is 6.90. The summed E-state index contributed by atoms with van der Waals surface area (Å²) in [6.45, 7) is 4.62. The van der Waals surface area contributed by atoms with E-state index >= 15 is 0 Å². The van der Waals surface area contributed by atoms with Crippen molar-refractivity contribution in [2.75, 3.05) is 13.2 Å². The molecule has 0 saturated carbocycles. The molecule has 1 amide bonds. The van der Waals surface area contributed by atoms with Crippen molar-refractivity contribution >= 4 is 23.7 Å². The lowest BCUT2D eigenvalue weighted by atomic mass is 10.1. The Bertz CT molecular complexity index is 1070. The van der Waals surface area contributed by atoms with E-state index in [1.165, 1.54) is 10.6 Å². The molecule has 0 radical (unpaired) electrons. The van der Waals surface area contributed by atoms with E-state index in [1.54, 1.807) is 19.1 Å². The minimum Gasteiger partial charge on any atom is -0.490 e. The van der Waals surface area contributed by atoms with Crippen LogP contribution in [0.4, 0.5) is 0 Å². The van der Waals surface area contributed by atoms with Crippen LogP contribution in [0.2, 0.25) is 0 Å². The molecule has 1 N–H and O–H groups in total. The van der Waals surface area contributed by atoms with Gasteiger partial charge in [0.1, 0.15) is 30.5 Å². The molecular formula is C23H21N3O4. The van der Waals surface area contributed by atoms with Crippen LogP contribution in [0.3, 0.4) is 0 Å². The molecule has 0 aromatic heterocycles. The van der Waals surface area contributed by atoms with Crippen LogP contribution >= 0.6 is 0 Å². The van der Waals surface area contributed by atoms with Crippen molar-refractivity contribution in [1.29, 1.82) is 5.41 Å². The number of hydrogen-bond donors (Lipinski definition) is 1. The van der Waals surface area contributed by atoms with Crippen molar-refractivity contribution in [1.82, 2.24) is 5.06 Å². The van der Waals surface area contributed by atoms with Gasteiger partial charge < -0.3 is 14.3 Å². The predicted octanol–water partition coefficient (Wildman–Crippen LogP) is 3.90. The molecule has 0 atom stereocenters. The van der Waals surface area contributed by atoms with Crippen molar-refractivity contribution in [2.45, 2.75) is 13.8 Å². The van der Waals surface area contributed by atoms with Gasteiger partial charge in [0, 0.05) is 6.08 Å². The van der Waals surface area contributed by atoms with Gasteiger partial charge in [0.2, 0.25) is 0 Å². The number of ether oxygens (including phenoxy) is 2. The van der Waals surface area contributed by atoms with Crippen LogP contribution in [0.15, 0.2) is 70.9 Å². The summed E-state index contributed by atoms with van der Waals surface area (Å²) in [6.07, 6.45) is 3.24. The maximum atomic E-state index is 12.3. The van der Waals surface area contributed by atoms with E-state index in [0.717, 1.165) is 11.3 Å². The topological polar surface area (TPSA) is 84.2 Å².